The van der Waals surface area contributed by atoms with Gasteiger partial charge in [0.1, 0.15) is 18.7 Å². The highest BCUT2D eigenvalue weighted by Crippen LogP contribution is 2.26. The van der Waals surface area contributed by atoms with Crippen molar-refractivity contribution in [1.29, 1.82) is 0 Å². The molecule has 0 amide bonds. The van der Waals surface area contributed by atoms with Crippen molar-refractivity contribution in [3.05, 3.63) is 47.1 Å². The van der Waals surface area contributed by atoms with E-state index in [1.807, 2.05) is 33.0 Å². The van der Waals surface area contributed by atoms with Crippen molar-refractivity contribution in [2.75, 3.05) is 0 Å². The Morgan fingerprint density at radius 3 is 2.57 bits per heavy atom. The molecule has 0 unspecified atom stereocenters. The van der Waals surface area contributed by atoms with Crippen LogP contribution >= 0.6 is 0 Å². The lowest BCUT2D eigenvalue weighted by atomic mass is 10.1. The van der Waals surface area contributed by atoms with Crippen LogP contribution in [-0.4, -0.2) is 25.8 Å². The zero-order chi connectivity index (χ0) is 15.4. The second-order valence-corrected chi connectivity index (χ2v) is 4.74. The minimum atomic E-state index is -0.965. The maximum Gasteiger partial charge on any atom is 0.328 e. The maximum absolute atomic E-state index is 10.5. The summed E-state index contributed by atoms with van der Waals surface area (Å²) in [6, 6.07) is 3.77. The van der Waals surface area contributed by atoms with E-state index in [2.05, 4.69) is 10.1 Å². The van der Waals surface area contributed by atoms with Crippen LogP contribution in [0.15, 0.2) is 24.5 Å². The van der Waals surface area contributed by atoms with E-state index >= 15 is 0 Å². The van der Waals surface area contributed by atoms with E-state index in [0.29, 0.717) is 6.61 Å². The lowest BCUT2D eigenvalue weighted by Crippen LogP contribution is -2.06. The van der Waals surface area contributed by atoms with Crippen LogP contribution in [0.3, 0.4) is 0 Å². The third-order valence-electron chi connectivity index (χ3n) is 3.05. The van der Waals surface area contributed by atoms with E-state index < -0.39 is 5.97 Å². The molecule has 2 rings (SSSR count). The molecule has 2 aromatic rings. The molecule has 0 radical (unpaired) electrons. The van der Waals surface area contributed by atoms with E-state index in [-0.39, 0.29) is 0 Å². The summed E-state index contributed by atoms with van der Waals surface area (Å²) >= 11 is 0. The van der Waals surface area contributed by atoms with Gasteiger partial charge in [0.15, 0.2) is 5.82 Å². The van der Waals surface area contributed by atoms with Gasteiger partial charge in [-0.2, -0.15) is 5.10 Å². The van der Waals surface area contributed by atoms with Crippen LogP contribution in [0, 0.1) is 13.8 Å². The number of ether oxygens (including phenoxy) is 1. The van der Waals surface area contributed by atoms with Crippen molar-refractivity contribution in [3.8, 4) is 5.75 Å². The fourth-order valence-corrected chi connectivity index (χ4v) is 2.06. The Balaban J connectivity index is 2.17. The predicted molar refractivity (Wildman–Crippen MR) is 77.9 cm³/mol. The van der Waals surface area contributed by atoms with Crippen LogP contribution in [0.25, 0.3) is 6.08 Å². The molecular formula is C15H17N3O3. The number of carboxylic acid groups (broad SMARTS) is 1. The lowest BCUT2D eigenvalue weighted by molar-refractivity contribution is -0.131. The smallest absolute Gasteiger partial charge is 0.328 e. The summed E-state index contributed by atoms with van der Waals surface area (Å²) in [5.74, 6) is 0.557. The summed E-state index contributed by atoms with van der Waals surface area (Å²) in [5.41, 5.74) is 2.72. The second kappa shape index (κ2) is 6.21. The Bertz CT molecular complexity index is 666. The topological polar surface area (TPSA) is 77.2 Å². The van der Waals surface area contributed by atoms with E-state index in [1.165, 1.54) is 6.33 Å². The van der Waals surface area contributed by atoms with E-state index in [1.54, 1.807) is 10.8 Å². The average molecular weight is 287 g/mol. The van der Waals surface area contributed by atoms with E-state index in [9.17, 15) is 4.79 Å². The molecule has 0 atom stereocenters. The van der Waals surface area contributed by atoms with Gasteiger partial charge >= 0.3 is 5.97 Å². The zero-order valence-corrected chi connectivity index (χ0v) is 12.2. The van der Waals surface area contributed by atoms with Gasteiger partial charge < -0.3 is 9.84 Å². The van der Waals surface area contributed by atoms with Gasteiger partial charge in [0.05, 0.1) is 0 Å². The maximum atomic E-state index is 10.5. The molecule has 6 heteroatoms. The van der Waals surface area contributed by atoms with Crippen molar-refractivity contribution >= 4 is 12.0 Å². The Morgan fingerprint density at radius 1 is 1.38 bits per heavy atom. The third-order valence-corrected chi connectivity index (χ3v) is 3.05. The number of aromatic nitrogens is 3. The summed E-state index contributed by atoms with van der Waals surface area (Å²) < 4.78 is 7.47. The molecule has 6 nitrogen and oxygen atoms in total. The monoisotopic (exact) mass is 287 g/mol. The summed E-state index contributed by atoms with van der Waals surface area (Å²) in [4.78, 5) is 14.7. The van der Waals surface area contributed by atoms with Gasteiger partial charge in [0.2, 0.25) is 0 Å². The van der Waals surface area contributed by atoms with E-state index in [4.69, 9.17) is 9.84 Å². The van der Waals surface area contributed by atoms with Crippen LogP contribution in [0.1, 0.15) is 22.5 Å². The number of rotatable bonds is 5. The molecule has 0 spiro atoms. The highest BCUT2D eigenvalue weighted by atomic mass is 16.5. The van der Waals surface area contributed by atoms with Crippen molar-refractivity contribution < 1.29 is 14.6 Å². The first-order valence-electron chi connectivity index (χ1n) is 6.45. The number of nitrogens with zero attached hydrogens (tertiary/aromatic N) is 3. The molecular weight excluding hydrogens is 270 g/mol. The summed E-state index contributed by atoms with van der Waals surface area (Å²) in [6.45, 7) is 4.19. The van der Waals surface area contributed by atoms with Gasteiger partial charge in [-0.25, -0.2) is 9.78 Å². The average Bonchev–Trinajstić information content (AvgIpc) is 2.81. The van der Waals surface area contributed by atoms with Gasteiger partial charge in [-0.3, -0.25) is 4.68 Å². The van der Waals surface area contributed by atoms with Gasteiger partial charge in [-0.05, 0) is 48.7 Å². The van der Waals surface area contributed by atoms with Gasteiger partial charge in [-0.15, -0.1) is 0 Å². The van der Waals surface area contributed by atoms with Crippen LogP contribution in [-0.2, 0) is 18.4 Å². The van der Waals surface area contributed by atoms with Crippen LogP contribution < -0.4 is 4.74 Å². The van der Waals surface area contributed by atoms with Crippen molar-refractivity contribution in [2.24, 2.45) is 7.05 Å². The Kier molecular flexibility index (Phi) is 4.37. The van der Waals surface area contributed by atoms with Gasteiger partial charge in [0.25, 0.3) is 0 Å². The number of carboxylic acids is 1. The molecule has 1 N–H and O–H groups in total. The minimum Gasteiger partial charge on any atom is -0.485 e. The SMILES string of the molecule is Cc1cc(C=CC(=O)O)cc(C)c1OCc1ncnn1C. The highest BCUT2D eigenvalue weighted by molar-refractivity contribution is 5.85. The number of hydrogen-bond acceptors (Lipinski definition) is 4. The number of carbonyl (C=O) groups is 1. The molecule has 1 aromatic carbocycles. The predicted octanol–water partition coefficient (Wildman–Crippen LogP) is 2.11. The number of aryl methyl sites for hydroxylation is 3. The van der Waals surface area contributed by atoms with Crippen LogP contribution in [0.2, 0.25) is 0 Å². The normalized spacial score (nSPS) is 11.0. The van der Waals surface area contributed by atoms with E-state index in [0.717, 1.165) is 34.3 Å². The molecule has 0 aliphatic carbocycles. The van der Waals surface area contributed by atoms with Crippen LogP contribution in [0.5, 0.6) is 5.75 Å². The molecule has 0 aliphatic heterocycles. The number of aliphatic carboxylic acids is 1. The Hall–Kier alpha value is -2.63. The lowest BCUT2D eigenvalue weighted by Gasteiger charge is -2.12. The Labute approximate surface area is 122 Å². The fourth-order valence-electron chi connectivity index (χ4n) is 2.06. The van der Waals surface area contributed by atoms with Gasteiger partial charge in [-0.1, -0.05) is 0 Å². The molecule has 110 valence electrons. The first-order chi connectivity index (χ1) is 9.97. The number of benzene rings is 1. The first-order valence-corrected chi connectivity index (χ1v) is 6.45. The zero-order valence-electron chi connectivity index (χ0n) is 12.2. The van der Waals surface area contributed by atoms with Crippen LogP contribution in [0.4, 0.5) is 0 Å². The quantitative estimate of drug-likeness (QED) is 0.852. The molecule has 21 heavy (non-hydrogen) atoms. The standard InChI is InChI=1S/C15H17N3O3/c1-10-6-12(4-5-14(19)20)7-11(2)15(10)21-8-13-16-9-17-18(13)3/h4-7,9H,8H2,1-3H3,(H,19,20). The second-order valence-electron chi connectivity index (χ2n) is 4.74. The molecule has 0 bridgehead atoms. The summed E-state index contributed by atoms with van der Waals surface area (Å²) in [5, 5.41) is 12.6. The molecule has 0 aliphatic rings. The molecule has 0 saturated heterocycles. The van der Waals surface area contributed by atoms with Crippen molar-refractivity contribution in [2.45, 2.75) is 20.5 Å². The first kappa shape index (κ1) is 14.8. The van der Waals surface area contributed by atoms with Gasteiger partial charge in [0, 0.05) is 13.1 Å². The molecule has 0 fully saturated rings. The fraction of sp³-hybridized carbons (Fsp3) is 0.267. The summed E-state index contributed by atoms with van der Waals surface area (Å²) in [7, 11) is 1.81. The third kappa shape index (κ3) is 3.68. The molecule has 1 aromatic heterocycles. The van der Waals surface area contributed by atoms with Crippen molar-refractivity contribution in [3.63, 3.8) is 0 Å². The van der Waals surface area contributed by atoms with Crippen molar-refractivity contribution in [1.82, 2.24) is 14.8 Å². The largest absolute Gasteiger partial charge is 0.485 e. The molecule has 1 heterocycles. The molecule has 0 saturated carbocycles. The number of hydrogen-bond donors (Lipinski definition) is 1. The summed E-state index contributed by atoms with van der Waals surface area (Å²) in [6.07, 6.45) is 4.17. The minimum absolute atomic E-state index is 0.336. The highest BCUT2D eigenvalue weighted by Gasteiger charge is 2.08. The Morgan fingerprint density at radius 2 is 2.05 bits per heavy atom.